The predicted molar refractivity (Wildman–Crippen MR) is 147 cm³/mol. The first kappa shape index (κ1) is 25.5. The summed E-state index contributed by atoms with van der Waals surface area (Å²) in [6.45, 7) is 7.41. The first-order chi connectivity index (χ1) is 18.1. The number of carbonyl (C=O) groups excluding carboxylic acids is 1. The SMILES string of the molecule is COc1ccc2c(c1)c(/C=C/C(=O)N1CCN(CCc3ccc4c(c3)OCO4)CC1)c(C)n2CCCCl. The molecule has 0 aliphatic carbocycles. The molecule has 0 saturated carbocycles. The molecule has 2 aliphatic rings. The number of aromatic nitrogens is 1. The van der Waals surface area contributed by atoms with Crippen LogP contribution in [0.4, 0.5) is 0 Å². The van der Waals surface area contributed by atoms with Crippen LogP contribution in [0.3, 0.4) is 0 Å². The minimum atomic E-state index is 0.0550. The van der Waals surface area contributed by atoms with Gasteiger partial charge in [0.1, 0.15) is 5.75 Å². The van der Waals surface area contributed by atoms with E-state index in [2.05, 4.69) is 34.6 Å². The summed E-state index contributed by atoms with van der Waals surface area (Å²) < 4.78 is 18.6. The Hall–Kier alpha value is -3.16. The number of benzene rings is 2. The molecule has 37 heavy (non-hydrogen) atoms. The van der Waals surface area contributed by atoms with Gasteiger partial charge in [-0.25, -0.2) is 0 Å². The normalized spacial score (nSPS) is 15.7. The Labute approximate surface area is 223 Å². The third kappa shape index (κ3) is 5.58. The fraction of sp³-hybridized carbons (Fsp3) is 0.414. The first-order valence-electron chi connectivity index (χ1n) is 12.9. The van der Waals surface area contributed by atoms with E-state index in [-0.39, 0.29) is 5.91 Å². The molecule has 0 unspecified atom stereocenters. The zero-order chi connectivity index (χ0) is 25.8. The van der Waals surface area contributed by atoms with Gasteiger partial charge in [0.2, 0.25) is 12.7 Å². The summed E-state index contributed by atoms with van der Waals surface area (Å²) in [5.41, 5.74) is 4.56. The fourth-order valence-corrected chi connectivity index (χ4v) is 5.29. The number of fused-ring (bicyclic) bond motifs is 2. The lowest BCUT2D eigenvalue weighted by Gasteiger charge is -2.34. The Morgan fingerprint density at radius 1 is 1.05 bits per heavy atom. The number of aryl methyl sites for hydroxylation is 1. The highest BCUT2D eigenvalue weighted by atomic mass is 35.5. The highest BCUT2D eigenvalue weighted by Crippen LogP contribution is 2.33. The highest BCUT2D eigenvalue weighted by molar-refractivity contribution is 6.17. The van der Waals surface area contributed by atoms with Gasteiger partial charge in [-0.15, -0.1) is 11.6 Å². The topological polar surface area (TPSA) is 56.2 Å². The van der Waals surface area contributed by atoms with Gasteiger partial charge in [-0.3, -0.25) is 9.69 Å². The predicted octanol–water partition coefficient (Wildman–Crippen LogP) is 4.72. The lowest BCUT2D eigenvalue weighted by molar-refractivity contribution is -0.127. The second kappa shape index (κ2) is 11.5. The second-order valence-electron chi connectivity index (χ2n) is 9.51. The summed E-state index contributed by atoms with van der Waals surface area (Å²) in [6, 6.07) is 12.2. The van der Waals surface area contributed by atoms with Gasteiger partial charge in [-0.05, 0) is 61.7 Å². The smallest absolute Gasteiger partial charge is 0.246 e. The van der Waals surface area contributed by atoms with Gasteiger partial charge in [0.15, 0.2) is 11.5 Å². The van der Waals surface area contributed by atoms with E-state index in [0.717, 1.165) is 91.5 Å². The van der Waals surface area contributed by atoms with Gasteiger partial charge in [0.05, 0.1) is 7.11 Å². The molecular weight excluding hydrogens is 490 g/mol. The third-order valence-corrected chi connectivity index (χ3v) is 7.59. The molecule has 0 atom stereocenters. The van der Waals surface area contributed by atoms with E-state index in [1.54, 1.807) is 13.2 Å². The number of halogens is 1. The molecule has 0 radical (unpaired) electrons. The molecule has 3 aromatic rings. The zero-order valence-electron chi connectivity index (χ0n) is 21.5. The van der Waals surface area contributed by atoms with Crippen LogP contribution in [0.25, 0.3) is 17.0 Å². The second-order valence-corrected chi connectivity index (χ2v) is 9.89. The van der Waals surface area contributed by atoms with E-state index in [1.807, 2.05) is 29.2 Å². The maximum Gasteiger partial charge on any atom is 0.246 e. The van der Waals surface area contributed by atoms with Gasteiger partial charge in [-0.2, -0.15) is 0 Å². The molecule has 196 valence electrons. The van der Waals surface area contributed by atoms with E-state index in [1.165, 1.54) is 5.56 Å². The van der Waals surface area contributed by atoms with Crippen molar-refractivity contribution in [1.29, 1.82) is 0 Å². The summed E-state index contributed by atoms with van der Waals surface area (Å²) in [4.78, 5) is 17.4. The molecule has 2 aliphatic heterocycles. The summed E-state index contributed by atoms with van der Waals surface area (Å²) in [7, 11) is 1.67. The third-order valence-electron chi connectivity index (χ3n) is 7.32. The molecule has 1 amide bonds. The number of amides is 1. The molecule has 0 bridgehead atoms. The van der Waals surface area contributed by atoms with Crippen LogP contribution in [-0.2, 0) is 17.8 Å². The van der Waals surface area contributed by atoms with Gasteiger partial charge in [0.25, 0.3) is 0 Å². The number of piperazine rings is 1. The van der Waals surface area contributed by atoms with Gasteiger partial charge in [0, 0.05) is 73.4 Å². The molecule has 5 rings (SSSR count). The Balaban J connectivity index is 1.20. The van der Waals surface area contributed by atoms with Crippen LogP contribution in [-0.4, -0.2) is 72.8 Å². The standard InChI is InChI=1S/C29H34ClN3O4/c1-21-24(25-19-23(35-2)5-7-26(25)33(21)12-3-11-30)6-9-29(34)32-16-14-31(15-17-32)13-10-22-4-8-27-28(18-22)37-20-36-27/h4-9,18-19H,3,10-17,20H2,1-2H3/b9-6+. The van der Waals surface area contributed by atoms with Crippen molar-refractivity contribution in [3.63, 3.8) is 0 Å². The van der Waals surface area contributed by atoms with Crippen molar-refractivity contribution in [2.75, 3.05) is 52.5 Å². The summed E-state index contributed by atoms with van der Waals surface area (Å²) in [5.74, 6) is 3.12. The van der Waals surface area contributed by atoms with Crippen molar-refractivity contribution in [3.8, 4) is 17.2 Å². The van der Waals surface area contributed by atoms with Crippen LogP contribution in [0.2, 0.25) is 0 Å². The number of hydrogen-bond acceptors (Lipinski definition) is 5. The fourth-order valence-electron chi connectivity index (χ4n) is 5.17. The van der Waals surface area contributed by atoms with Crippen LogP contribution < -0.4 is 14.2 Å². The molecule has 2 aromatic carbocycles. The van der Waals surface area contributed by atoms with E-state index in [9.17, 15) is 4.79 Å². The van der Waals surface area contributed by atoms with Crippen molar-refractivity contribution in [2.45, 2.75) is 26.3 Å². The number of nitrogens with zero attached hydrogens (tertiary/aromatic N) is 3. The molecule has 0 spiro atoms. The molecule has 1 fully saturated rings. The Kier molecular flexibility index (Phi) is 7.91. The molecule has 1 aromatic heterocycles. The minimum absolute atomic E-state index is 0.0550. The van der Waals surface area contributed by atoms with E-state index in [4.69, 9.17) is 25.8 Å². The summed E-state index contributed by atoms with van der Waals surface area (Å²) >= 11 is 5.97. The van der Waals surface area contributed by atoms with Crippen LogP contribution in [0.1, 0.15) is 23.2 Å². The van der Waals surface area contributed by atoms with Crippen LogP contribution in [0.5, 0.6) is 17.2 Å². The minimum Gasteiger partial charge on any atom is -0.497 e. The summed E-state index contributed by atoms with van der Waals surface area (Å²) in [5, 5.41) is 1.09. The molecule has 1 saturated heterocycles. The van der Waals surface area contributed by atoms with Crippen molar-refractivity contribution in [1.82, 2.24) is 14.4 Å². The average molecular weight is 524 g/mol. The molecule has 8 heteroatoms. The number of carbonyl (C=O) groups is 1. The number of rotatable bonds is 9. The largest absolute Gasteiger partial charge is 0.497 e. The molecule has 7 nitrogen and oxygen atoms in total. The number of alkyl halides is 1. The molecule has 0 N–H and O–H groups in total. The van der Waals surface area contributed by atoms with Gasteiger partial charge in [-0.1, -0.05) is 6.07 Å². The maximum absolute atomic E-state index is 13.1. The van der Waals surface area contributed by atoms with E-state index in [0.29, 0.717) is 12.7 Å². The zero-order valence-corrected chi connectivity index (χ0v) is 22.3. The van der Waals surface area contributed by atoms with Crippen LogP contribution in [0, 0.1) is 6.92 Å². The lowest BCUT2D eigenvalue weighted by Crippen LogP contribution is -2.48. The van der Waals surface area contributed by atoms with Crippen molar-refractivity contribution < 1.29 is 19.0 Å². The maximum atomic E-state index is 13.1. The summed E-state index contributed by atoms with van der Waals surface area (Å²) in [6.07, 6.45) is 5.51. The average Bonchev–Trinajstić information content (AvgIpc) is 3.50. The number of ether oxygens (including phenoxy) is 3. The Morgan fingerprint density at radius 2 is 1.86 bits per heavy atom. The molecule has 3 heterocycles. The van der Waals surface area contributed by atoms with Crippen molar-refractivity contribution >= 4 is 34.5 Å². The van der Waals surface area contributed by atoms with Crippen LogP contribution >= 0.6 is 11.6 Å². The van der Waals surface area contributed by atoms with Crippen molar-refractivity contribution in [3.05, 3.63) is 59.3 Å². The molecular formula is C29H34ClN3O4. The van der Waals surface area contributed by atoms with Crippen molar-refractivity contribution in [2.24, 2.45) is 0 Å². The quantitative estimate of drug-likeness (QED) is 0.300. The van der Waals surface area contributed by atoms with Crippen LogP contribution in [0.15, 0.2) is 42.5 Å². The Bertz CT molecular complexity index is 1290. The van der Waals surface area contributed by atoms with E-state index < -0.39 is 0 Å². The van der Waals surface area contributed by atoms with Gasteiger partial charge < -0.3 is 23.7 Å². The van der Waals surface area contributed by atoms with Gasteiger partial charge >= 0.3 is 0 Å². The Morgan fingerprint density at radius 3 is 2.65 bits per heavy atom. The monoisotopic (exact) mass is 523 g/mol. The number of hydrogen-bond donors (Lipinski definition) is 0. The first-order valence-corrected chi connectivity index (χ1v) is 13.4. The van der Waals surface area contributed by atoms with E-state index >= 15 is 0 Å². The highest BCUT2D eigenvalue weighted by Gasteiger charge is 2.21. The lowest BCUT2D eigenvalue weighted by atomic mass is 10.1. The number of methoxy groups -OCH3 is 1.